The van der Waals surface area contributed by atoms with Gasteiger partial charge in [-0.05, 0) is 105 Å². The summed E-state index contributed by atoms with van der Waals surface area (Å²) < 4.78 is 124. The molecule has 0 heterocycles. The molecule has 8 aromatic carbocycles. The van der Waals surface area contributed by atoms with Crippen LogP contribution in [0.1, 0.15) is 11.1 Å². The van der Waals surface area contributed by atoms with Crippen LogP contribution in [0.15, 0.2) is 192 Å². The van der Waals surface area contributed by atoms with Crippen molar-refractivity contribution in [3.63, 3.8) is 0 Å². The molecule has 0 radical (unpaired) electrons. The van der Waals surface area contributed by atoms with E-state index in [0.29, 0.717) is 12.3 Å². The molecule has 342 valence electrons. The smallest absolute Gasteiger partial charge is 0.744 e. The van der Waals surface area contributed by atoms with Crippen LogP contribution >= 0.6 is 15.8 Å². The molecule has 0 saturated heterocycles. The third-order valence-electron chi connectivity index (χ3n) is 9.91. The van der Waals surface area contributed by atoms with Gasteiger partial charge in [0.15, 0.2) is 0 Å². The zero-order chi connectivity index (χ0) is 46.0. The molecule has 70 heavy (non-hydrogen) atoms. The Kier molecular flexibility index (Phi) is 31.0. The molecular formula is C48H40Na4O12P2S4. The molecule has 0 N–H and O–H groups in total. The van der Waals surface area contributed by atoms with E-state index in [-0.39, 0.29) is 143 Å². The van der Waals surface area contributed by atoms with E-state index in [9.17, 15) is 25.9 Å². The van der Waals surface area contributed by atoms with E-state index >= 15 is 0 Å². The van der Waals surface area contributed by atoms with Crippen molar-refractivity contribution in [3.05, 3.63) is 208 Å². The van der Waals surface area contributed by atoms with E-state index in [1.54, 1.807) is 12.1 Å². The molecule has 12 nitrogen and oxygen atoms in total. The van der Waals surface area contributed by atoms with E-state index in [1.807, 2.05) is 72.8 Å². The first kappa shape index (κ1) is 68.2. The fourth-order valence-corrected chi connectivity index (χ4v) is 13.2. The summed E-state index contributed by atoms with van der Waals surface area (Å²) >= 11 is 0. The molecule has 0 saturated carbocycles. The van der Waals surface area contributed by atoms with Gasteiger partial charge in [-0.25, -0.2) is 16.8 Å². The van der Waals surface area contributed by atoms with Crippen molar-refractivity contribution in [3.8, 4) is 11.1 Å². The molecule has 0 aliphatic rings. The van der Waals surface area contributed by atoms with Crippen molar-refractivity contribution < 1.29 is 169 Å². The van der Waals surface area contributed by atoms with Gasteiger partial charge in [0.2, 0.25) is 0 Å². The average molecular weight is 1090 g/mol. The van der Waals surface area contributed by atoms with Crippen LogP contribution in [0.25, 0.3) is 32.7 Å². The maximum Gasteiger partial charge on any atom is 1.00 e. The van der Waals surface area contributed by atoms with Crippen LogP contribution in [0.3, 0.4) is 0 Å². The van der Waals surface area contributed by atoms with E-state index < -0.39 is 57.3 Å². The van der Waals surface area contributed by atoms with Gasteiger partial charge in [0.05, 0.1) is 9.79 Å². The van der Waals surface area contributed by atoms with Gasteiger partial charge < -0.3 is 24.0 Å². The molecule has 2 unspecified atom stereocenters. The second-order valence-corrected chi connectivity index (χ2v) is 21.8. The van der Waals surface area contributed by atoms with Crippen molar-refractivity contribution in [2.75, 3.05) is 0 Å². The SMILES string of the molecule is O=S(=O)([O-])c1cccc(P(Cc2ccc3ccccc3c2-c2c(CP(c3ccccc3)c3cccc(S(=O)(=O)[O-])c3)ccc3ccccc23)c2ccccc2)c1.O=S(=O)=O.O=S(=O)=O.[CH3-].[CH3-].[Na+].[Na+].[Na+].[Na+]. The minimum atomic E-state index is -4.68. The summed E-state index contributed by atoms with van der Waals surface area (Å²) in [6.07, 6.45) is 1.11. The molecule has 8 rings (SSSR count). The van der Waals surface area contributed by atoms with Crippen LogP contribution in [-0.4, -0.2) is 51.2 Å². The third kappa shape index (κ3) is 18.8. The first-order chi connectivity index (χ1) is 30.5. The minimum Gasteiger partial charge on any atom is -0.744 e. The molecule has 2 atom stereocenters. The average Bonchev–Trinajstić information content (AvgIpc) is 3.27. The second kappa shape index (κ2) is 31.8. The minimum absolute atomic E-state index is 0. The maximum atomic E-state index is 12.2. The first-order valence-electron chi connectivity index (χ1n) is 18.8. The summed E-state index contributed by atoms with van der Waals surface area (Å²) in [5, 5.41) is 7.89. The summed E-state index contributed by atoms with van der Waals surface area (Å²) in [6.45, 7) is 0. The Balaban J connectivity index is 0.00000317. The van der Waals surface area contributed by atoms with Crippen LogP contribution < -0.4 is 139 Å². The predicted octanol–water partition coefficient (Wildman–Crippen LogP) is -4.36. The van der Waals surface area contributed by atoms with Gasteiger partial charge in [-0.1, -0.05) is 158 Å². The van der Waals surface area contributed by atoms with Crippen LogP contribution in [-0.2, 0) is 53.8 Å². The van der Waals surface area contributed by atoms with Gasteiger partial charge in [-0.15, -0.1) is 25.3 Å². The Labute approximate surface area is 503 Å². The summed E-state index contributed by atoms with van der Waals surface area (Å²) in [4.78, 5) is -0.506. The van der Waals surface area contributed by atoms with Crippen LogP contribution in [0.2, 0.25) is 0 Å². The number of hydrogen-bond acceptors (Lipinski definition) is 12. The van der Waals surface area contributed by atoms with Gasteiger partial charge in [0.25, 0.3) is 0 Å². The molecule has 0 spiro atoms. The van der Waals surface area contributed by atoms with E-state index in [0.717, 1.165) is 65.0 Å². The summed E-state index contributed by atoms with van der Waals surface area (Å²) in [5.74, 6) is 0. The Morgan fingerprint density at radius 2 is 0.657 bits per heavy atom. The van der Waals surface area contributed by atoms with Gasteiger partial charge in [0.1, 0.15) is 20.2 Å². The summed E-state index contributed by atoms with van der Waals surface area (Å²) in [5.41, 5.74) is 4.25. The molecule has 8 aromatic rings. The molecule has 0 aromatic heterocycles. The molecule has 22 heteroatoms. The van der Waals surface area contributed by atoms with Gasteiger partial charge >= 0.3 is 139 Å². The maximum absolute atomic E-state index is 12.2. The van der Waals surface area contributed by atoms with Crippen molar-refractivity contribution in [1.82, 2.24) is 0 Å². The Morgan fingerprint density at radius 1 is 0.371 bits per heavy atom. The molecule has 0 amide bonds. The molecule has 0 bridgehead atoms. The van der Waals surface area contributed by atoms with Crippen molar-refractivity contribution in [2.24, 2.45) is 0 Å². The normalized spacial score (nSPS) is 11.2. The Morgan fingerprint density at radius 3 is 0.971 bits per heavy atom. The second-order valence-electron chi connectivity index (χ2n) is 13.8. The molecule has 0 aliphatic heterocycles. The number of benzene rings is 8. The van der Waals surface area contributed by atoms with E-state index in [1.165, 1.54) is 24.3 Å². The van der Waals surface area contributed by atoms with E-state index in [4.69, 9.17) is 25.3 Å². The topological polar surface area (TPSA) is 217 Å². The standard InChI is InChI=1S/C46H36O6P2S2.2CH3.4Na.2O3S/c47-55(48,49)41-21-11-19-39(29-41)53(37-15-3-1-4-16-37)31-35-27-25-33-13-7-9-23-43(33)45(35)46-36(28-26-34-14-8-10-24-44(34)46)32-54(38-17-5-2-6-18-38)40-20-12-22-42(30-40)56(50,51)52;;;;;;;2*1-4(2)3/h1-30H,31-32H2,(H,47,48,49)(H,50,51,52);2*1H3;;;;;;/q;2*-1;4*+1;;/p-2. The van der Waals surface area contributed by atoms with Crippen molar-refractivity contribution in [1.29, 1.82) is 0 Å². The predicted molar refractivity (Wildman–Crippen MR) is 261 cm³/mol. The number of fused-ring (bicyclic) bond motifs is 2. The van der Waals surface area contributed by atoms with Crippen LogP contribution in [0.5, 0.6) is 0 Å². The Hall–Kier alpha value is -1.80. The molecular weight excluding hydrogens is 1050 g/mol. The van der Waals surface area contributed by atoms with E-state index in [2.05, 4.69) is 72.8 Å². The van der Waals surface area contributed by atoms with Crippen LogP contribution in [0, 0.1) is 14.9 Å². The third-order valence-corrected chi connectivity index (χ3v) is 16.5. The monoisotopic (exact) mass is 1090 g/mol. The van der Waals surface area contributed by atoms with Gasteiger partial charge in [-0.3, -0.25) is 0 Å². The number of rotatable bonds is 11. The van der Waals surface area contributed by atoms with Crippen molar-refractivity contribution in [2.45, 2.75) is 22.1 Å². The van der Waals surface area contributed by atoms with Gasteiger partial charge in [-0.2, -0.15) is 0 Å². The van der Waals surface area contributed by atoms with Crippen molar-refractivity contribution >= 4 is 100 Å². The zero-order valence-corrected chi connectivity index (χ0v) is 52.2. The first-order valence-corrected chi connectivity index (χ1v) is 26.7. The fraction of sp³-hybridized carbons (Fsp3) is 0.0417. The largest absolute Gasteiger partial charge is 1.00 e. The molecule has 0 aliphatic carbocycles. The van der Waals surface area contributed by atoms with Gasteiger partial charge in [0, 0.05) is 12.3 Å². The Bertz CT molecular complexity index is 3210. The summed E-state index contributed by atoms with van der Waals surface area (Å²) in [7, 11) is -18.0. The summed E-state index contributed by atoms with van der Waals surface area (Å²) in [6, 6.07) is 58.0. The molecule has 0 fully saturated rings. The van der Waals surface area contributed by atoms with Crippen LogP contribution in [0.4, 0.5) is 0 Å². The fourth-order valence-electron chi connectivity index (χ4n) is 7.32. The number of hydrogen-bond donors (Lipinski definition) is 0. The quantitative estimate of drug-likeness (QED) is 0.0520. The zero-order valence-electron chi connectivity index (χ0n) is 39.2.